The van der Waals surface area contributed by atoms with Gasteiger partial charge in [-0.1, -0.05) is 0 Å². The highest BCUT2D eigenvalue weighted by molar-refractivity contribution is 5.88. The molecule has 2 aliphatic rings. The Morgan fingerprint density at radius 1 is 0.905 bits per heavy atom. The van der Waals surface area contributed by atoms with Gasteiger partial charge in [0.2, 0.25) is 5.91 Å². The van der Waals surface area contributed by atoms with Crippen LogP contribution in [0.3, 0.4) is 0 Å². The van der Waals surface area contributed by atoms with Gasteiger partial charge in [-0.25, -0.2) is 4.79 Å². The molecule has 0 bridgehead atoms. The van der Waals surface area contributed by atoms with Crippen LogP contribution in [0.15, 0.2) is 36.4 Å². The Kier molecular flexibility index (Phi) is 8.00. The number of carbonyl (C=O) groups is 2. The largest absolute Gasteiger partial charge is 0.461 e. The number of rotatable bonds is 6. The highest BCUT2D eigenvalue weighted by atomic mass is 19.4. The topological polar surface area (TPSA) is 58.6 Å². The van der Waals surface area contributed by atoms with Gasteiger partial charge in [-0.15, -0.1) is 0 Å². The molecule has 42 heavy (non-hydrogen) atoms. The minimum atomic E-state index is -5.15. The van der Waals surface area contributed by atoms with E-state index < -0.39 is 76.9 Å². The molecule has 0 radical (unpaired) electrons. The quantitative estimate of drug-likeness (QED) is 0.269. The SMILES string of the molecule is CC(=O)N(Cc1cc(C(F)(F)F)cc(C(F)(F)F)c1)[C@H]1C[C@@](C(=O)OC(C)C)(C2CC2)Nc2ccc(C(F)(F)F)cc21. The van der Waals surface area contributed by atoms with Crippen LogP contribution in [0.4, 0.5) is 45.2 Å². The fourth-order valence-electron chi connectivity index (χ4n) is 5.33. The van der Waals surface area contributed by atoms with Crippen molar-refractivity contribution in [3.05, 3.63) is 64.2 Å². The number of fused-ring (bicyclic) bond motifs is 1. The molecule has 1 saturated carbocycles. The number of halogens is 9. The molecule has 2 aromatic rings. The fraction of sp³-hybridized carbons (Fsp3) is 0.500. The summed E-state index contributed by atoms with van der Waals surface area (Å²) in [7, 11) is 0. The van der Waals surface area contributed by atoms with Crippen LogP contribution in [0.2, 0.25) is 0 Å². The number of hydrogen-bond acceptors (Lipinski definition) is 4. The summed E-state index contributed by atoms with van der Waals surface area (Å²) in [4.78, 5) is 27.3. The van der Waals surface area contributed by atoms with E-state index in [9.17, 15) is 49.1 Å². The molecular weight excluding hydrogens is 583 g/mol. The van der Waals surface area contributed by atoms with Gasteiger partial charge in [0.1, 0.15) is 5.54 Å². The molecule has 1 amide bonds. The third-order valence-corrected chi connectivity index (χ3v) is 7.37. The van der Waals surface area contributed by atoms with E-state index in [1.807, 2.05) is 0 Å². The van der Waals surface area contributed by atoms with Gasteiger partial charge in [-0.05, 0) is 80.1 Å². The Hall–Kier alpha value is -3.45. The number of alkyl halides is 9. The van der Waals surface area contributed by atoms with Crippen molar-refractivity contribution < 1.29 is 53.8 Å². The molecule has 0 unspecified atom stereocenters. The zero-order valence-electron chi connectivity index (χ0n) is 22.6. The molecule has 230 valence electrons. The Morgan fingerprint density at radius 2 is 1.45 bits per heavy atom. The summed E-state index contributed by atoms with van der Waals surface area (Å²) >= 11 is 0. The molecule has 1 aliphatic heterocycles. The second-order valence-electron chi connectivity index (χ2n) is 10.9. The highest BCUT2D eigenvalue weighted by Crippen LogP contribution is 2.53. The lowest BCUT2D eigenvalue weighted by Gasteiger charge is -2.46. The number of nitrogens with one attached hydrogen (secondary N) is 1. The van der Waals surface area contributed by atoms with E-state index in [0.29, 0.717) is 25.0 Å². The molecule has 2 atom stereocenters. The highest BCUT2D eigenvalue weighted by Gasteiger charge is 2.57. The molecular formula is C28H27F9N2O3. The maximum absolute atomic E-state index is 13.7. The van der Waals surface area contributed by atoms with Gasteiger partial charge in [-0.3, -0.25) is 4.79 Å². The van der Waals surface area contributed by atoms with E-state index >= 15 is 0 Å². The van der Waals surface area contributed by atoms with Gasteiger partial charge in [-0.2, -0.15) is 39.5 Å². The average molecular weight is 611 g/mol. The zero-order chi connectivity index (χ0) is 31.4. The van der Waals surface area contributed by atoms with Crippen LogP contribution in [-0.4, -0.2) is 28.4 Å². The molecule has 5 nitrogen and oxygen atoms in total. The molecule has 1 aliphatic carbocycles. The average Bonchev–Trinajstić information content (AvgIpc) is 3.70. The lowest BCUT2D eigenvalue weighted by atomic mass is 9.78. The van der Waals surface area contributed by atoms with Crippen LogP contribution in [0.25, 0.3) is 0 Å². The van der Waals surface area contributed by atoms with Crippen LogP contribution in [0.1, 0.15) is 73.9 Å². The second-order valence-corrected chi connectivity index (χ2v) is 10.9. The maximum Gasteiger partial charge on any atom is 0.416 e. The summed E-state index contributed by atoms with van der Waals surface area (Å²) in [6, 6.07) is 2.17. The summed E-state index contributed by atoms with van der Waals surface area (Å²) in [6.07, 6.45) is -14.9. The lowest BCUT2D eigenvalue weighted by molar-refractivity contribution is -0.156. The number of carbonyl (C=O) groups excluding carboxylic acids is 2. The predicted octanol–water partition coefficient (Wildman–Crippen LogP) is 7.75. The Bertz CT molecular complexity index is 1330. The number of ether oxygens (including phenoxy) is 1. The minimum absolute atomic E-state index is 0.0584. The van der Waals surface area contributed by atoms with Gasteiger partial charge < -0.3 is 15.0 Å². The summed E-state index contributed by atoms with van der Waals surface area (Å²) in [5.74, 6) is -1.89. The van der Waals surface area contributed by atoms with E-state index in [2.05, 4.69) is 5.32 Å². The summed E-state index contributed by atoms with van der Waals surface area (Å²) in [5.41, 5.74) is -6.35. The first kappa shape index (κ1) is 31.5. The Balaban J connectivity index is 1.87. The van der Waals surface area contributed by atoms with Crippen molar-refractivity contribution in [1.82, 2.24) is 4.90 Å². The molecule has 1 heterocycles. The van der Waals surface area contributed by atoms with E-state index in [-0.39, 0.29) is 29.7 Å². The first-order valence-electron chi connectivity index (χ1n) is 13.0. The molecule has 4 rings (SSSR count). The fourth-order valence-corrected chi connectivity index (χ4v) is 5.33. The van der Waals surface area contributed by atoms with E-state index in [1.54, 1.807) is 13.8 Å². The molecule has 14 heteroatoms. The van der Waals surface area contributed by atoms with Gasteiger partial charge >= 0.3 is 24.5 Å². The molecule has 0 saturated heterocycles. The van der Waals surface area contributed by atoms with Crippen molar-refractivity contribution in [2.75, 3.05) is 5.32 Å². The van der Waals surface area contributed by atoms with Crippen molar-refractivity contribution in [2.45, 2.75) is 82.8 Å². The molecule has 0 aromatic heterocycles. The second kappa shape index (κ2) is 10.7. The van der Waals surface area contributed by atoms with Crippen LogP contribution < -0.4 is 5.32 Å². The molecule has 1 N–H and O–H groups in total. The Morgan fingerprint density at radius 3 is 1.90 bits per heavy atom. The van der Waals surface area contributed by atoms with Crippen LogP contribution >= 0.6 is 0 Å². The normalized spacial score (nSPS) is 21.0. The minimum Gasteiger partial charge on any atom is -0.461 e. The summed E-state index contributed by atoms with van der Waals surface area (Å²) in [6.45, 7) is 3.38. The van der Waals surface area contributed by atoms with Crippen LogP contribution in [-0.2, 0) is 39.4 Å². The maximum atomic E-state index is 13.7. The number of nitrogens with zero attached hydrogens (tertiary/aromatic N) is 1. The van der Waals surface area contributed by atoms with Crippen molar-refractivity contribution >= 4 is 17.6 Å². The van der Waals surface area contributed by atoms with Gasteiger partial charge in [0, 0.05) is 25.6 Å². The van der Waals surface area contributed by atoms with E-state index in [1.165, 1.54) is 0 Å². The van der Waals surface area contributed by atoms with Gasteiger partial charge in [0.25, 0.3) is 0 Å². The molecule has 0 spiro atoms. The summed E-state index contributed by atoms with van der Waals surface area (Å²) < 4.78 is 128. The van der Waals surface area contributed by atoms with Crippen molar-refractivity contribution in [1.29, 1.82) is 0 Å². The monoisotopic (exact) mass is 610 g/mol. The van der Waals surface area contributed by atoms with Gasteiger partial charge in [0.05, 0.1) is 28.8 Å². The predicted molar refractivity (Wildman–Crippen MR) is 132 cm³/mol. The van der Waals surface area contributed by atoms with E-state index in [0.717, 1.165) is 30.0 Å². The van der Waals surface area contributed by atoms with Crippen LogP contribution in [0.5, 0.6) is 0 Å². The lowest BCUT2D eigenvalue weighted by Crippen LogP contribution is -2.55. The number of hydrogen-bond donors (Lipinski definition) is 1. The third kappa shape index (κ3) is 6.46. The number of anilines is 1. The molecule has 2 aromatic carbocycles. The first-order chi connectivity index (χ1) is 19.2. The molecule has 1 fully saturated rings. The standard InChI is InChI=1S/C28H27F9N2O3/c1-14(2)42-24(41)25(17-4-5-17)12-23(21-11-18(26(29,30)31)6-7-22(21)38-25)39(15(3)40)13-16-8-19(27(32,33)34)10-20(9-16)28(35,36)37/h6-11,14,17,23,38H,4-5,12-13H2,1-3H3/t23-,25-/m0/s1. The number of benzene rings is 2. The van der Waals surface area contributed by atoms with Crippen molar-refractivity contribution in [3.63, 3.8) is 0 Å². The Labute approximate surface area is 235 Å². The van der Waals surface area contributed by atoms with E-state index in [4.69, 9.17) is 4.74 Å². The number of amides is 1. The van der Waals surface area contributed by atoms with Crippen molar-refractivity contribution in [3.8, 4) is 0 Å². The summed E-state index contributed by atoms with van der Waals surface area (Å²) in [5, 5.41) is 3.02. The first-order valence-corrected chi connectivity index (χ1v) is 13.0. The van der Waals surface area contributed by atoms with Crippen molar-refractivity contribution in [2.24, 2.45) is 5.92 Å². The number of esters is 1. The van der Waals surface area contributed by atoms with Crippen LogP contribution in [0, 0.1) is 5.92 Å². The zero-order valence-corrected chi connectivity index (χ0v) is 22.6. The van der Waals surface area contributed by atoms with Gasteiger partial charge in [0.15, 0.2) is 0 Å². The smallest absolute Gasteiger partial charge is 0.416 e. The third-order valence-electron chi connectivity index (χ3n) is 7.37.